The van der Waals surface area contributed by atoms with Gasteiger partial charge in [-0.05, 0) is 18.2 Å². The Balaban J connectivity index is 2.22. The van der Waals surface area contributed by atoms with E-state index >= 15 is 0 Å². The second-order valence-corrected chi connectivity index (χ2v) is 7.81. The van der Waals surface area contributed by atoms with Crippen molar-refractivity contribution in [3.8, 4) is 0 Å². The maximum absolute atomic E-state index is 11.1. The Bertz CT molecular complexity index is 575. The van der Waals surface area contributed by atoms with Crippen LogP contribution in [0.4, 0.5) is 0 Å². The molecule has 0 aliphatic carbocycles. The molecule has 2 rings (SSSR count). The Morgan fingerprint density at radius 1 is 1.12 bits per heavy atom. The first kappa shape index (κ1) is 12.0. The molecule has 0 unspecified atom stereocenters. The molecule has 0 saturated heterocycles. The average molecular weight is 291 g/mol. The molecular weight excluding hydrogens is 284 g/mol. The highest BCUT2D eigenvalue weighted by Gasteiger charge is 2.13. The van der Waals surface area contributed by atoms with Gasteiger partial charge < -0.3 is 0 Å². The summed E-state index contributed by atoms with van der Waals surface area (Å²) in [4.78, 5) is 1.95. The molecule has 6 heteroatoms. The Hall–Kier alpha value is -0.490. The van der Waals surface area contributed by atoms with Crippen LogP contribution in [0, 0.1) is 0 Å². The van der Waals surface area contributed by atoms with E-state index in [-0.39, 0.29) is 4.21 Å². The zero-order valence-corrected chi connectivity index (χ0v) is 11.2. The second kappa shape index (κ2) is 4.79. The molecule has 2 nitrogen and oxygen atoms in total. The van der Waals surface area contributed by atoms with Gasteiger partial charge in [0.15, 0.2) is 0 Å². The minimum Gasteiger partial charge on any atom is -0.206 e. The molecule has 0 radical (unpaired) electrons. The van der Waals surface area contributed by atoms with Gasteiger partial charge >= 0.3 is 0 Å². The van der Waals surface area contributed by atoms with Gasteiger partial charge in [-0.2, -0.15) is 0 Å². The second-order valence-electron chi connectivity index (χ2n) is 2.95. The van der Waals surface area contributed by atoms with Crippen LogP contribution in [0.2, 0.25) is 0 Å². The Labute approximate surface area is 107 Å². The van der Waals surface area contributed by atoms with E-state index in [1.807, 2.05) is 30.3 Å². The number of hydrogen-bond acceptors (Lipinski definition) is 4. The van der Waals surface area contributed by atoms with Crippen molar-refractivity contribution < 1.29 is 8.42 Å². The van der Waals surface area contributed by atoms with Gasteiger partial charge in [0.05, 0.1) is 0 Å². The summed E-state index contributed by atoms with van der Waals surface area (Å²) in [6.45, 7) is 0. The van der Waals surface area contributed by atoms with E-state index in [1.54, 1.807) is 11.4 Å². The molecule has 84 valence electrons. The van der Waals surface area contributed by atoms with E-state index < -0.39 is 9.05 Å². The fourth-order valence-electron chi connectivity index (χ4n) is 1.11. The van der Waals surface area contributed by atoms with Crippen LogP contribution in [-0.4, -0.2) is 8.42 Å². The van der Waals surface area contributed by atoms with Crippen LogP contribution in [0.15, 0.2) is 55.8 Å². The van der Waals surface area contributed by atoms with Crippen molar-refractivity contribution in [1.29, 1.82) is 0 Å². The topological polar surface area (TPSA) is 34.1 Å². The maximum atomic E-state index is 11.1. The molecule has 0 spiro atoms. The minimum absolute atomic E-state index is 0.188. The zero-order valence-electron chi connectivity index (χ0n) is 7.96. The van der Waals surface area contributed by atoms with Crippen LogP contribution in [0.3, 0.4) is 0 Å². The van der Waals surface area contributed by atoms with Crippen LogP contribution < -0.4 is 0 Å². The van der Waals surface area contributed by atoms with Gasteiger partial charge in [0.2, 0.25) is 0 Å². The lowest BCUT2D eigenvalue weighted by atomic mass is 10.4. The molecule has 0 N–H and O–H groups in total. The fraction of sp³-hybridized carbons (Fsp3) is 0. The van der Waals surface area contributed by atoms with Crippen molar-refractivity contribution >= 4 is 42.8 Å². The van der Waals surface area contributed by atoms with Gasteiger partial charge in [0.1, 0.15) is 4.21 Å². The predicted molar refractivity (Wildman–Crippen MR) is 67.9 cm³/mol. The monoisotopic (exact) mass is 290 g/mol. The largest absolute Gasteiger partial charge is 0.270 e. The predicted octanol–water partition coefficient (Wildman–Crippen LogP) is 3.83. The van der Waals surface area contributed by atoms with Gasteiger partial charge in [-0.1, -0.05) is 30.0 Å². The van der Waals surface area contributed by atoms with Crippen molar-refractivity contribution in [2.45, 2.75) is 14.0 Å². The first-order valence-electron chi connectivity index (χ1n) is 4.32. The zero-order chi connectivity index (χ0) is 11.6. The van der Waals surface area contributed by atoms with Crippen molar-refractivity contribution in [2.75, 3.05) is 0 Å². The molecule has 0 fully saturated rings. The summed E-state index contributed by atoms with van der Waals surface area (Å²) in [5, 5.41) is 1.78. The summed E-state index contributed by atoms with van der Waals surface area (Å²) in [5.74, 6) is 0. The number of benzene rings is 1. The van der Waals surface area contributed by atoms with Crippen LogP contribution in [0.1, 0.15) is 0 Å². The molecule has 0 bridgehead atoms. The quantitative estimate of drug-likeness (QED) is 0.806. The number of halogens is 1. The van der Waals surface area contributed by atoms with E-state index in [1.165, 1.54) is 11.8 Å². The SMILES string of the molecule is O=S(=O)(Cl)c1cc(Sc2ccccc2)cs1. The van der Waals surface area contributed by atoms with Gasteiger partial charge in [-0.3, -0.25) is 0 Å². The lowest BCUT2D eigenvalue weighted by molar-refractivity contribution is 0.611. The summed E-state index contributed by atoms with van der Waals surface area (Å²) in [6, 6.07) is 11.3. The van der Waals surface area contributed by atoms with Gasteiger partial charge in [0.25, 0.3) is 9.05 Å². The molecule has 1 heterocycles. The molecule has 1 aromatic heterocycles. The smallest absolute Gasteiger partial charge is 0.206 e. The Morgan fingerprint density at radius 2 is 1.81 bits per heavy atom. The molecule has 0 aliphatic rings. The summed E-state index contributed by atoms with van der Waals surface area (Å²) < 4.78 is 22.3. The molecule has 0 amide bonds. The van der Waals surface area contributed by atoms with Crippen LogP contribution >= 0.6 is 33.8 Å². The fourth-order valence-corrected chi connectivity index (χ4v) is 4.16. The van der Waals surface area contributed by atoms with Crippen molar-refractivity contribution in [1.82, 2.24) is 0 Å². The minimum atomic E-state index is -3.60. The van der Waals surface area contributed by atoms with E-state index in [9.17, 15) is 8.42 Å². The van der Waals surface area contributed by atoms with Crippen LogP contribution in [0.25, 0.3) is 0 Å². The number of thiophene rings is 1. The van der Waals surface area contributed by atoms with Crippen LogP contribution in [-0.2, 0) is 9.05 Å². The summed E-state index contributed by atoms with van der Waals surface area (Å²) in [5.41, 5.74) is 0. The third-order valence-electron chi connectivity index (χ3n) is 1.77. The Kier molecular flexibility index (Phi) is 3.59. The highest BCUT2D eigenvalue weighted by atomic mass is 35.7. The van der Waals surface area contributed by atoms with E-state index in [4.69, 9.17) is 10.7 Å². The molecule has 16 heavy (non-hydrogen) atoms. The maximum Gasteiger partial charge on any atom is 0.270 e. The summed E-state index contributed by atoms with van der Waals surface area (Å²) in [7, 11) is 1.65. The average Bonchev–Trinajstić information content (AvgIpc) is 2.67. The molecule has 2 aromatic rings. The molecule has 1 aromatic carbocycles. The number of hydrogen-bond donors (Lipinski definition) is 0. The van der Waals surface area contributed by atoms with Crippen LogP contribution in [0.5, 0.6) is 0 Å². The van der Waals surface area contributed by atoms with E-state index in [0.717, 1.165) is 21.1 Å². The summed E-state index contributed by atoms with van der Waals surface area (Å²) >= 11 is 2.65. The lowest BCUT2D eigenvalue weighted by Crippen LogP contribution is -1.83. The normalized spacial score (nSPS) is 11.6. The summed E-state index contributed by atoms with van der Waals surface area (Å²) in [6.07, 6.45) is 0. The third-order valence-corrected chi connectivity index (χ3v) is 5.94. The first-order chi connectivity index (χ1) is 7.55. The highest BCUT2D eigenvalue weighted by Crippen LogP contribution is 2.33. The highest BCUT2D eigenvalue weighted by molar-refractivity contribution is 8.15. The molecule has 0 aliphatic heterocycles. The van der Waals surface area contributed by atoms with Gasteiger partial charge in [0, 0.05) is 25.9 Å². The van der Waals surface area contributed by atoms with E-state index in [0.29, 0.717) is 0 Å². The van der Waals surface area contributed by atoms with E-state index in [2.05, 4.69) is 0 Å². The van der Waals surface area contributed by atoms with Crippen molar-refractivity contribution in [2.24, 2.45) is 0 Å². The molecule has 0 saturated carbocycles. The van der Waals surface area contributed by atoms with Crippen molar-refractivity contribution in [3.05, 3.63) is 41.8 Å². The Morgan fingerprint density at radius 3 is 2.38 bits per heavy atom. The lowest BCUT2D eigenvalue weighted by Gasteiger charge is -1.96. The molecule has 0 atom stereocenters. The van der Waals surface area contributed by atoms with Gasteiger partial charge in [-0.25, -0.2) is 8.42 Å². The standard InChI is InChI=1S/C10H7ClO2S3/c11-16(12,13)10-6-9(7-14-10)15-8-4-2-1-3-5-8/h1-7H. The van der Waals surface area contributed by atoms with Crippen molar-refractivity contribution in [3.63, 3.8) is 0 Å². The number of rotatable bonds is 3. The first-order valence-corrected chi connectivity index (χ1v) is 8.32. The van der Waals surface area contributed by atoms with Gasteiger partial charge in [-0.15, -0.1) is 11.3 Å². The molecular formula is C10H7ClO2S3. The third kappa shape index (κ3) is 3.01.